The van der Waals surface area contributed by atoms with Crippen LogP contribution in [0.25, 0.3) is 0 Å². The maximum absolute atomic E-state index is 14.5. The standard InChI is InChI=1S/C34H34Cl3N3O4S/c1-23(2)38-34(42)32(19-25-9-5-4-6-10-25)39(21-26-11-7-8-12-29(26)35)33(41)22-40(27-15-18-30(36)31(37)20-27)45(43,44)28-16-13-24(3)14-17-28/h4-18,20,23,32H,19,21-22H2,1-3H3,(H,38,42). The van der Waals surface area contributed by atoms with Crippen molar-refractivity contribution in [3.05, 3.63) is 129 Å². The highest BCUT2D eigenvalue weighted by Gasteiger charge is 2.35. The largest absolute Gasteiger partial charge is 0.352 e. The van der Waals surface area contributed by atoms with Crippen molar-refractivity contribution in [2.45, 2.75) is 50.7 Å². The lowest BCUT2D eigenvalue weighted by molar-refractivity contribution is -0.140. The van der Waals surface area contributed by atoms with E-state index in [9.17, 15) is 18.0 Å². The highest BCUT2D eigenvalue weighted by atomic mass is 35.5. The van der Waals surface area contributed by atoms with Crippen LogP contribution in [0.4, 0.5) is 5.69 Å². The molecule has 0 saturated carbocycles. The SMILES string of the molecule is Cc1ccc(S(=O)(=O)N(CC(=O)N(Cc2ccccc2Cl)C(Cc2ccccc2)C(=O)NC(C)C)c2ccc(Cl)c(Cl)c2)cc1. The van der Waals surface area contributed by atoms with Crippen LogP contribution in [0.15, 0.2) is 102 Å². The molecule has 1 N–H and O–H groups in total. The first-order valence-corrected chi connectivity index (χ1v) is 16.9. The van der Waals surface area contributed by atoms with E-state index in [2.05, 4.69) is 5.32 Å². The van der Waals surface area contributed by atoms with E-state index in [4.69, 9.17) is 34.8 Å². The monoisotopic (exact) mass is 685 g/mol. The second kappa shape index (κ2) is 15.1. The number of nitrogens with zero attached hydrogens (tertiary/aromatic N) is 2. The topological polar surface area (TPSA) is 86.8 Å². The number of carbonyl (C=O) groups is 2. The molecule has 0 aliphatic carbocycles. The average molecular weight is 687 g/mol. The van der Waals surface area contributed by atoms with Gasteiger partial charge >= 0.3 is 0 Å². The van der Waals surface area contributed by atoms with Gasteiger partial charge in [-0.2, -0.15) is 0 Å². The van der Waals surface area contributed by atoms with Crippen LogP contribution in [-0.4, -0.2) is 43.8 Å². The van der Waals surface area contributed by atoms with Crippen LogP contribution in [0, 0.1) is 6.92 Å². The molecule has 4 rings (SSSR count). The van der Waals surface area contributed by atoms with Gasteiger partial charge in [-0.1, -0.05) is 101 Å². The molecule has 0 aliphatic heterocycles. The first-order chi connectivity index (χ1) is 21.4. The van der Waals surface area contributed by atoms with Crippen molar-refractivity contribution in [3.63, 3.8) is 0 Å². The Kier molecular flexibility index (Phi) is 11.6. The number of nitrogens with one attached hydrogen (secondary N) is 1. The molecule has 4 aromatic carbocycles. The molecule has 11 heteroatoms. The Morgan fingerprint density at radius 3 is 2.07 bits per heavy atom. The van der Waals surface area contributed by atoms with Crippen molar-refractivity contribution in [1.29, 1.82) is 0 Å². The van der Waals surface area contributed by atoms with Crippen LogP contribution in [0.3, 0.4) is 0 Å². The molecule has 1 atom stereocenters. The zero-order valence-corrected chi connectivity index (χ0v) is 28.2. The number of anilines is 1. The van der Waals surface area contributed by atoms with Gasteiger partial charge in [-0.05, 0) is 68.3 Å². The lowest BCUT2D eigenvalue weighted by Crippen LogP contribution is -2.54. The van der Waals surface area contributed by atoms with E-state index in [-0.39, 0.29) is 45.5 Å². The zero-order chi connectivity index (χ0) is 32.7. The van der Waals surface area contributed by atoms with Gasteiger partial charge in [0, 0.05) is 24.0 Å². The Morgan fingerprint density at radius 2 is 1.44 bits per heavy atom. The van der Waals surface area contributed by atoms with Gasteiger partial charge in [-0.15, -0.1) is 0 Å². The van der Waals surface area contributed by atoms with E-state index >= 15 is 0 Å². The fourth-order valence-electron chi connectivity index (χ4n) is 4.75. The molecule has 45 heavy (non-hydrogen) atoms. The van der Waals surface area contributed by atoms with E-state index in [1.165, 1.54) is 35.2 Å². The second-order valence-corrected chi connectivity index (χ2v) is 14.0. The number of hydrogen-bond acceptors (Lipinski definition) is 4. The Balaban J connectivity index is 1.83. The first-order valence-electron chi connectivity index (χ1n) is 14.3. The lowest BCUT2D eigenvalue weighted by atomic mass is 10.0. The Hall–Kier alpha value is -3.56. The van der Waals surface area contributed by atoms with Crippen molar-refractivity contribution in [2.75, 3.05) is 10.8 Å². The maximum Gasteiger partial charge on any atom is 0.264 e. The van der Waals surface area contributed by atoms with Gasteiger partial charge in [0.2, 0.25) is 11.8 Å². The number of hydrogen-bond donors (Lipinski definition) is 1. The molecule has 0 radical (unpaired) electrons. The summed E-state index contributed by atoms with van der Waals surface area (Å²) in [6.45, 7) is 4.84. The Morgan fingerprint density at radius 1 is 0.800 bits per heavy atom. The number of amides is 2. The van der Waals surface area contributed by atoms with E-state index in [0.29, 0.717) is 10.6 Å². The van der Waals surface area contributed by atoms with Crippen molar-refractivity contribution in [3.8, 4) is 0 Å². The summed E-state index contributed by atoms with van der Waals surface area (Å²) in [6.07, 6.45) is 0.188. The van der Waals surface area contributed by atoms with Crippen molar-refractivity contribution >= 4 is 62.3 Å². The van der Waals surface area contributed by atoms with Crippen LogP contribution in [-0.2, 0) is 32.6 Å². The van der Waals surface area contributed by atoms with Crippen molar-refractivity contribution < 1.29 is 18.0 Å². The molecule has 0 aromatic heterocycles. The fourth-order valence-corrected chi connectivity index (χ4v) is 6.65. The molecule has 4 aromatic rings. The highest BCUT2D eigenvalue weighted by molar-refractivity contribution is 7.92. The summed E-state index contributed by atoms with van der Waals surface area (Å²) in [5.74, 6) is -0.992. The average Bonchev–Trinajstić information content (AvgIpc) is 3.00. The minimum atomic E-state index is -4.28. The predicted octanol–water partition coefficient (Wildman–Crippen LogP) is 7.32. The molecule has 0 fully saturated rings. The van der Waals surface area contributed by atoms with Gasteiger partial charge in [0.1, 0.15) is 12.6 Å². The number of sulfonamides is 1. The number of aryl methyl sites for hydroxylation is 1. The molecule has 2 amide bonds. The number of halogens is 3. The van der Waals surface area contributed by atoms with Gasteiger partial charge in [0.25, 0.3) is 10.0 Å². The molecule has 0 saturated heterocycles. The third-order valence-electron chi connectivity index (χ3n) is 7.08. The lowest BCUT2D eigenvalue weighted by Gasteiger charge is -2.34. The molecule has 1 unspecified atom stereocenters. The third-order valence-corrected chi connectivity index (χ3v) is 9.98. The number of benzene rings is 4. The molecule has 7 nitrogen and oxygen atoms in total. The summed E-state index contributed by atoms with van der Waals surface area (Å²) in [5, 5.41) is 3.69. The summed E-state index contributed by atoms with van der Waals surface area (Å²) in [7, 11) is -4.28. The number of carbonyl (C=O) groups excluding carboxylic acids is 2. The third kappa shape index (κ3) is 8.79. The zero-order valence-electron chi connectivity index (χ0n) is 25.1. The van der Waals surface area contributed by atoms with Gasteiger partial charge in [0.05, 0.1) is 20.6 Å². The van der Waals surface area contributed by atoms with Crippen LogP contribution in [0.5, 0.6) is 0 Å². The van der Waals surface area contributed by atoms with Gasteiger partial charge in [0.15, 0.2) is 0 Å². The molecule has 0 aliphatic rings. The molecule has 0 bridgehead atoms. The highest BCUT2D eigenvalue weighted by Crippen LogP contribution is 2.31. The molecule has 0 spiro atoms. The van der Waals surface area contributed by atoms with Gasteiger partial charge < -0.3 is 10.2 Å². The second-order valence-electron chi connectivity index (χ2n) is 10.9. The molecule has 0 heterocycles. The fraction of sp³-hybridized carbons (Fsp3) is 0.235. The van der Waals surface area contributed by atoms with Crippen LogP contribution >= 0.6 is 34.8 Å². The smallest absolute Gasteiger partial charge is 0.264 e. The minimum Gasteiger partial charge on any atom is -0.352 e. The van der Waals surface area contributed by atoms with Crippen molar-refractivity contribution in [2.24, 2.45) is 0 Å². The van der Waals surface area contributed by atoms with E-state index in [0.717, 1.165) is 15.4 Å². The van der Waals surface area contributed by atoms with Crippen molar-refractivity contribution in [1.82, 2.24) is 10.2 Å². The first kappa shape index (κ1) is 34.3. The van der Waals surface area contributed by atoms with Gasteiger partial charge in [-0.3, -0.25) is 13.9 Å². The Bertz CT molecular complexity index is 1750. The minimum absolute atomic E-state index is 0.0111. The summed E-state index contributed by atoms with van der Waals surface area (Å²) in [5.41, 5.74) is 2.44. The maximum atomic E-state index is 14.5. The summed E-state index contributed by atoms with van der Waals surface area (Å²) in [6, 6.07) is 25.8. The summed E-state index contributed by atoms with van der Waals surface area (Å²) in [4.78, 5) is 29.6. The van der Waals surface area contributed by atoms with E-state index in [1.807, 2.05) is 51.1 Å². The predicted molar refractivity (Wildman–Crippen MR) is 181 cm³/mol. The van der Waals surface area contributed by atoms with Crippen LogP contribution in [0.2, 0.25) is 15.1 Å². The molecular weight excluding hydrogens is 653 g/mol. The summed E-state index contributed by atoms with van der Waals surface area (Å²) < 4.78 is 29.2. The Labute approximate surface area is 279 Å². The quantitative estimate of drug-likeness (QED) is 0.169. The summed E-state index contributed by atoms with van der Waals surface area (Å²) >= 11 is 19.0. The number of rotatable bonds is 12. The van der Waals surface area contributed by atoms with Gasteiger partial charge in [-0.25, -0.2) is 8.42 Å². The molecule has 236 valence electrons. The van der Waals surface area contributed by atoms with E-state index in [1.54, 1.807) is 36.4 Å². The van der Waals surface area contributed by atoms with Crippen LogP contribution < -0.4 is 9.62 Å². The normalized spacial score (nSPS) is 12.1. The van der Waals surface area contributed by atoms with Crippen LogP contribution in [0.1, 0.15) is 30.5 Å². The molecular formula is C34H34Cl3N3O4S. The van der Waals surface area contributed by atoms with E-state index < -0.39 is 28.5 Å².